The Bertz CT molecular complexity index is 273. The second-order valence-corrected chi connectivity index (χ2v) is 6.42. The molecular weight excluding hydrogens is 216 g/mol. The van der Waals surface area contributed by atoms with Crippen molar-refractivity contribution >= 4 is 5.97 Å². The zero-order valence-corrected chi connectivity index (χ0v) is 10.9. The molecule has 0 aromatic heterocycles. The minimum atomic E-state index is -0.684. The van der Waals surface area contributed by atoms with E-state index >= 15 is 0 Å². The van der Waals surface area contributed by atoms with Crippen LogP contribution in [0.25, 0.3) is 0 Å². The standard InChI is InChI=1S/C14H24O3/c1-10-5-11(2)7-12(6-10)17-9-14(3-4-14)8-13(15)16/h10-12H,3-9H2,1-2H3,(H,15,16). The van der Waals surface area contributed by atoms with Gasteiger partial charge in [0.2, 0.25) is 0 Å². The summed E-state index contributed by atoms with van der Waals surface area (Å²) in [6, 6.07) is 0. The van der Waals surface area contributed by atoms with Crippen molar-refractivity contribution in [2.75, 3.05) is 6.61 Å². The third-order valence-corrected chi connectivity index (χ3v) is 4.24. The topological polar surface area (TPSA) is 46.5 Å². The van der Waals surface area contributed by atoms with E-state index in [9.17, 15) is 4.79 Å². The fraction of sp³-hybridized carbons (Fsp3) is 0.929. The summed E-state index contributed by atoms with van der Waals surface area (Å²) in [4.78, 5) is 10.8. The minimum absolute atomic E-state index is 0.0181. The number of ether oxygens (including phenoxy) is 1. The normalized spacial score (nSPS) is 35.5. The van der Waals surface area contributed by atoms with Gasteiger partial charge in [-0.05, 0) is 43.9 Å². The van der Waals surface area contributed by atoms with Gasteiger partial charge in [0.15, 0.2) is 0 Å². The van der Waals surface area contributed by atoms with Gasteiger partial charge in [0.05, 0.1) is 19.1 Å². The van der Waals surface area contributed by atoms with Crippen molar-refractivity contribution in [2.45, 2.75) is 58.5 Å². The number of hydrogen-bond acceptors (Lipinski definition) is 2. The molecule has 3 heteroatoms. The molecule has 0 aromatic carbocycles. The van der Waals surface area contributed by atoms with Crippen LogP contribution in [-0.2, 0) is 9.53 Å². The number of rotatable bonds is 5. The van der Waals surface area contributed by atoms with E-state index in [1.165, 1.54) is 6.42 Å². The highest BCUT2D eigenvalue weighted by atomic mass is 16.5. The number of carboxylic acids is 1. The average Bonchev–Trinajstić information content (AvgIpc) is 2.93. The number of carboxylic acid groups (broad SMARTS) is 1. The van der Waals surface area contributed by atoms with Crippen LogP contribution < -0.4 is 0 Å². The fourth-order valence-electron chi connectivity index (χ4n) is 3.17. The smallest absolute Gasteiger partial charge is 0.303 e. The van der Waals surface area contributed by atoms with Gasteiger partial charge in [-0.15, -0.1) is 0 Å². The zero-order valence-electron chi connectivity index (χ0n) is 10.9. The molecule has 2 rings (SSSR count). The van der Waals surface area contributed by atoms with E-state index in [4.69, 9.17) is 9.84 Å². The van der Waals surface area contributed by atoms with Crippen LogP contribution in [0.3, 0.4) is 0 Å². The lowest BCUT2D eigenvalue weighted by Gasteiger charge is -2.32. The molecule has 0 aromatic rings. The summed E-state index contributed by atoms with van der Waals surface area (Å²) in [6.07, 6.45) is 6.29. The maximum Gasteiger partial charge on any atom is 0.303 e. The molecule has 17 heavy (non-hydrogen) atoms. The number of aliphatic carboxylic acids is 1. The Kier molecular flexibility index (Phi) is 3.76. The average molecular weight is 240 g/mol. The summed E-state index contributed by atoms with van der Waals surface area (Å²) in [5, 5.41) is 8.85. The first-order chi connectivity index (χ1) is 7.99. The highest BCUT2D eigenvalue weighted by Gasteiger charge is 2.45. The summed E-state index contributed by atoms with van der Waals surface area (Å²) in [5.74, 6) is 0.813. The van der Waals surface area contributed by atoms with Crippen molar-refractivity contribution in [3.63, 3.8) is 0 Å². The Hall–Kier alpha value is -0.570. The van der Waals surface area contributed by atoms with Crippen LogP contribution >= 0.6 is 0 Å². The van der Waals surface area contributed by atoms with Crippen LogP contribution in [0, 0.1) is 17.3 Å². The molecule has 3 nitrogen and oxygen atoms in total. The van der Waals surface area contributed by atoms with Crippen molar-refractivity contribution in [3.05, 3.63) is 0 Å². The molecule has 0 saturated heterocycles. The number of hydrogen-bond donors (Lipinski definition) is 1. The highest BCUT2D eigenvalue weighted by molar-refractivity contribution is 5.68. The van der Waals surface area contributed by atoms with Gasteiger partial charge in [-0.2, -0.15) is 0 Å². The van der Waals surface area contributed by atoms with Crippen LogP contribution in [0.5, 0.6) is 0 Å². The molecule has 0 heterocycles. The van der Waals surface area contributed by atoms with Crippen LogP contribution in [0.2, 0.25) is 0 Å². The van der Waals surface area contributed by atoms with Gasteiger partial charge in [0, 0.05) is 5.41 Å². The molecule has 98 valence electrons. The molecule has 1 N–H and O–H groups in total. The molecule has 0 aliphatic heterocycles. The van der Waals surface area contributed by atoms with Gasteiger partial charge in [0.1, 0.15) is 0 Å². The van der Waals surface area contributed by atoms with Gasteiger partial charge in [-0.1, -0.05) is 13.8 Å². The Morgan fingerprint density at radius 1 is 1.24 bits per heavy atom. The molecule has 2 aliphatic rings. The molecule has 0 radical (unpaired) electrons. The van der Waals surface area contributed by atoms with Gasteiger partial charge < -0.3 is 9.84 Å². The monoisotopic (exact) mass is 240 g/mol. The number of carbonyl (C=O) groups is 1. The van der Waals surface area contributed by atoms with E-state index in [0.29, 0.717) is 12.7 Å². The van der Waals surface area contributed by atoms with Gasteiger partial charge in [-0.3, -0.25) is 4.79 Å². The molecule has 2 aliphatic carbocycles. The van der Waals surface area contributed by atoms with E-state index in [1.54, 1.807) is 0 Å². The molecule has 2 unspecified atom stereocenters. The van der Waals surface area contributed by atoms with Crippen LogP contribution in [0.15, 0.2) is 0 Å². The maximum atomic E-state index is 10.8. The van der Waals surface area contributed by atoms with E-state index in [-0.39, 0.29) is 11.8 Å². The SMILES string of the molecule is CC1CC(C)CC(OCC2(CC(=O)O)CC2)C1. The maximum absolute atomic E-state index is 10.8. The largest absolute Gasteiger partial charge is 0.481 e. The summed E-state index contributed by atoms with van der Waals surface area (Å²) >= 11 is 0. The van der Waals surface area contributed by atoms with Gasteiger partial charge in [-0.25, -0.2) is 0 Å². The van der Waals surface area contributed by atoms with Gasteiger partial charge in [0.25, 0.3) is 0 Å². The summed E-state index contributed by atoms with van der Waals surface area (Å²) in [5.41, 5.74) is -0.0181. The molecule has 2 atom stereocenters. The third-order valence-electron chi connectivity index (χ3n) is 4.24. The van der Waals surface area contributed by atoms with E-state index in [0.717, 1.165) is 37.5 Å². The predicted molar refractivity (Wildman–Crippen MR) is 65.8 cm³/mol. The first-order valence-corrected chi connectivity index (χ1v) is 6.82. The fourth-order valence-corrected chi connectivity index (χ4v) is 3.17. The Labute approximate surface area is 104 Å². The van der Waals surface area contributed by atoms with Crippen molar-refractivity contribution in [1.29, 1.82) is 0 Å². The zero-order chi connectivity index (χ0) is 12.5. The molecule has 0 amide bonds. The van der Waals surface area contributed by atoms with E-state index in [1.807, 2.05) is 0 Å². The van der Waals surface area contributed by atoms with Gasteiger partial charge >= 0.3 is 5.97 Å². The molecule has 2 saturated carbocycles. The van der Waals surface area contributed by atoms with Crippen LogP contribution in [0.4, 0.5) is 0 Å². The lowest BCUT2D eigenvalue weighted by molar-refractivity contribution is -0.139. The first kappa shape index (κ1) is 12.9. The Balaban J connectivity index is 1.76. The second-order valence-electron chi connectivity index (χ2n) is 6.42. The Morgan fingerprint density at radius 3 is 2.29 bits per heavy atom. The molecule has 2 fully saturated rings. The summed E-state index contributed by atoms with van der Waals surface area (Å²) < 4.78 is 5.99. The van der Waals surface area contributed by atoms with E-state index < -0.39 is 5.97 Å². The van der Waals surface area contributed by atoms with Crippen molar-refractivity contribution in [2.24, 2.45) is 17.3 Å². The van der Waals surface area contributed by atoms with Crippen LogP contribution in [-0.4, -0.2) is 23.8 Å². The molecular formula is C14H24O3. The molecule has 0 bridgehead atoms. The summed E-state index contributed by atoms with van der Waals surface area (Å²) in [6.45, 7) is 5.23. The quantitative estimate of drug-likeness (QED) is 0.803. The van der Waals surface area contributed by atoms with Crippen molar-refractivity contribution in [3.8, 4) is 0 Å². The van der Waals surface area contributed by atoms with Crippen molar-refractivity contribution in [1.82, 2.24) is 0 Å². The first-order valence-electron chi connectivity index (χ1n) is 6.82. The highest BCUT2D eigenvalue weighted by Crippen LogP contribution is 2.49. The van der Waals surface area contributed by atoms with E-state index in [2.05, 4.69) is 13.8 Å². The van der Waals surface area contributed by atoms with Crippen molar-refractivity contribution < 1.29 is 14.6 Å². The lowest BCUT2D eigenvalue weighted by Crippen LogP contribution is -2.29. The molecule has 0 spiro atoms. The Morgan fingerprint density at radius 2 is 1.82 bits per heavy atom. The predicted octanol–water partition coefficient (Wildman–Crippen LogP) is 3.08. The summed E-state index contributed by atoms with van der Waals surface area (Å²) in [7, 11) is 0. The third kappa shape index (κ3) is 3.70. The lowest BCUT2D eigenvalue weighted by atomic mass is 9.82. The second kappa shape index (κ2) is 4.97. The van der Waals surface area contributed by atoms with Crippen LogP contribution in [0.1, 0.15) is 52.4 Å². The minimum Gasteiger partial charge on any atom is -0.481 e.